The molecule has 2 aromatic rings. The molecule has 5 nitrogen and oxygen atoms in total. The van der Waals surface area contributed by atoms with E-state index in [2.05, 4.69) is 38.5 Å². The molecule has 0 radical (unpaired) electrons. The molecule has 3 N–H and O–H groups in total. The second-order valence-electron chi connectivity index (χ2n) is 5.68. The molecule has 0 saturated heterocycles. The predicted octanol–water partition coefficient (Wildman–Crippen LogP) is 3.06. The Morgan fingerprint density at radius 2 is 2.17 bits per heavy atom. The molecule has 5 heteroatoms. The number of pyridine rings is 1. The topological polar surface area (TPSA) is 75.7 Å². The first kappa shape index (κ1) is 13.7. The first-order chi connectivity index (χ1) is 11.3. The number of allylic oxidation sites excluding steroid dienone is 1. The molecular weight excluding hydrogens is 286 g/mol. The summed E-state index contributed by atoms with van der Waals surface area (Å²) in [5.41, 5.74) is 11.5. The fourth-order valence-electron chi connectivity index (χ4n) is 2.84. The molecule has 2 aliphatic rings. The van der Waals surface area contributed by atoms with Gasteiger partial charge in [-0.15, -0.1) is 0 Å². The third-order valence-electron chi connectivity index (χ3n) is 4.07. The van der Waals surface area contributed by atoms with Crippen molar-refractivity contribution in [3.05, 3.63) is 47.7 Å². The van der Waals surface area contributed by atoms with Gasteiger partial charge in [-0.1, -0.05) is 12.1 Å². The minimum atomic E-state index is 0.519. The second kappa shape index (κ2) is 5.68. The minimum Gasteiger partial charge on any atom is -0.384 e. The average Bonchev–Trinajstić information content (AvgIpc) is 3.25. The van der Waals surface area contributed by atoms with Crippen LogP contribution >= 0.6 is 0 Å². The van der Waals surface area contributed by atoms with E-state index in [1.54, 1.807) is 0 Å². The van der Waals surface area contributed by atoms with Crippen LogP contribution in [0.5, 0.6) is 0 Å². The fourth-order valence-corrected chi connectivity index (χ4v) is 2.84. The molecule has 0 atom stereocenters. The number of aromatic nitrogens is 1. The molecule has 0 amide bonds. The Bertz CT molecular complexity index is 890. The van der Waals surface area contributed by atoms with Crippen molar-refractivity contribution >= 4 is 40.4 Å². The number of fused-ring (bicyclic) bond motifs is 1. The zero-order valence-corrected chi connectivity index (χ0v) is 12.7. The van der Waals surface area contributed by atoms with Crippen LogP contribution in [0, 0.1) is 0 Å². The van der Waals surface area contributed by atoms with E-state index in [-0.39, 0.29) is 0 Å². The van der Waals surface area contributed by atoms with Crippen LogP contribution in [0.1, 0.15) is 12.0 Å². The number of nitrogen functional groups attached to an aromatic ring is 1. The van der Waals surface area contributed by atoms with Gasteiger partial charge in [0.25, 0.3) is 0 Å². The van der Waals surface area contributed by atoms with Crippen LogP contribution in [0.25, 0.3) is 16.5 Å². The summed E-state index contributed by atoms with van der Waals surface area (Å²) in [5.74, 6) is 0.519. The predicted molar refractivity (Wildman–Crippen MR) is 97.2 cm³/mol. The number of hydrogen-bond acceptors (Lipinski definition) is 5. The van der Waals surface area contributed by atoms with E-state index in [1.807, 2.05) is 30.8 Å². The number of hydrogen-bond donors (Lipinski definition) is 2. The zero-order valence-electron chi connectivity index (χ0n) is 12.7. The molecule has 4 rings (SSSR count). The van der Waals surface area contributed by atoms with Crippen LogP contribution in [-0.4, -0.2) is 30.5 Å². The van der Waals surface area contributed by atoms with E-state index in [1.165, 1.54) is 11.1 Å². The summed E-state index contributed by atoms with van der Waals surface area (Å²) in [6.07, 6.45) is 8.61. The monoisotopic (exact) mass is 303 g/mol. The quantitative estimate of drug-likeness (QED) is 0.911. The van der Waals surface area contributed by atoms with Crippen molar-refractivity contribution in [2.45, 2.75) is 6.42 Å². The molecule has 2 aliphatic heterocycles. The maximum Gasteiger partial charge on any atom is 0.126 e. The lowest BCUT2D eigenvalue weighted by Crippen LogP contribution is -2.06. The third-order valence-corrected chi connectivity index (χ3v) is 4.07. The van der Waals surface area contributed by atoms with Crippen LogP contribution in [-0.2, 0) is 0 Å². The summed E-state index contributed by atoms with van der Waals surface area (Å²) in [5, 5.41) is 4.52. The molecule has 0 bridgehead atoms. The molecule has 3 heterocycles. The Morgan fingerprint density at radius 1 is 1.22 bits per heavy atom. The highest BCUT2D eigenvalue weighted by atomic mass is 14.9. The summed E-state index contributed by atoms with van der Waals surface area (Å²) in [6.45, 7) is 1.49. The summed E-state index contributed by atoms with van der Waals surface area (Å²) >= 11 is 0. The lowest BCUT2D eigenvalue weighted by Gasteiger charge is -2.12. The van der Waals surface area contributed by atoms with Gasteiger partial charge in [-0.25, -0.2) is 4.98 Å². The number of nitrogens with one attached hydrogen (secondary N) is 1. The molecular formula is C18H17N5. The van der Waals surface area contributed by atoms with Crippen molar-refractivity contribution in [2.75, 3.05) is 24.1 Å². The molecule has 0 unspecified atom stereocenters. The minimum absolute atomic E-state index is 0.519. The van der Waals surface area contributed by atoms with E-state index in [0.717, 1.165) is 41.7 Å². The van der Waals surface area contributed by atoms with Gasteiger partial charge >= 0.3 is 0 Å². The maximum absolute atomic E-state index is 5.98. The standard InChI is InChI=1S/C18H17N5/c19-18-8-16(22-10-12-3-5-20-9-12)15-2-1-13(7-17(15)23-18)14-4-6-21-11-14/h1-2,4-9H,3,10-11H2,(H3,19,22,23). The molecule has 1 aromatic heterocycles. The van der Waals surface area contributed by atoms with Crippen molar-refractivity contribution in [3.8, 4) is 0 Å². The van der Waals surface area contributed by atoms with E-state index in [0.29, 0.717) is 5.82 Å². The van der Waals surface area contributed by atoms with Crippen LogP contribution in [0.3, 0.4) is 0 Å². The maximum atomic E-state index is 5.98. The highest BCUT2D eigenvalue weighted by Crippen LogP contribution is 2.28. The first-order valence-corrected chi connectivity index (χ1v) is 7.63. The van der Waals surface area contributed by atoms with Gasteiger partial charge in [0, 0.05) is 48.7 Å². The summed E-state index contributed by atoms with van der Waals surface area (Å²) in [6, 6.07) is 8.17. The zero-order chi connectivity index (χ0) is 15.6. The van der Waals surface area contributed by atoms with E-state index in [4.69, 9.17) is 5.73 Å². The Labute approximate surface area is 134 Å². The van der Waals surface area contributed by atoms with Gasteiger partial charge in [0.2, 0.25) is 0 Å². The van der Waals surface area contributed by atoms with Crippen molar-refractivity contribution < 1.29 is 0 Å². The highest BCUT2D eigenvalue weighted by Gasteiger charge is 2.10. The van der Waals surface area contributed by atoms with E-state index >= 15 is 0 Å². The number of nitrogens with two attached hydrogens (primary N) is 1. The van der Waals surface area contributed by atoms with Crippen molar-refractivity contribution in [3.63, 3.8) is 0 Å². The molecule has 23 heavy (non-hydrogen) atoms. The molecule has 114 valence electrons. The van der Waals surface area contributed by atoms with Crippen LogP contribution in [0.15, 0.2) is 52.1 Å². The van der Waals surface area contributed by atoms with Crippen LogP contribution in [0.2, 0.25) is 0 Å². The summed E-state index contributed by atoms with van der Waals surface area (Å²) in [4.78, 5) is 12.8. The number of anilines is 2. The Balaban J connectivity index is 1.67. The van der Waals surface area contributed by atoms with Gasteiger partial charge < -0.3 is 11.1 Å². The van der Waals surface area contributed by atoms with E-state index < -0.39 is 0 Å². The largest absolute Gasteiger partial charge is 0.384 e. The SMILES string of the molecule is Nc1cc(NCC2=CN=CC2)c2ccc(C3=CC=NC3)cc2n1. The highest BCUT2D eigenvalue weighted by molar-refractivity contribution is 5.97. The Hall–Kier alpha value is -2.95. The number of rotatable bonds is 4. The first-order valence-electron chi connectivity index (χ1n) is 7.63. The fraction of sp³-hybridized carbons (Fsp3) is 0.167. The van der Waals surface area contributed by atoms with Crippen molar-refractivity contribution in [1.82, 2.24) is 4.98 Å². The van der Waals surface area contributed by atoms with Crippen LogP contribution in [0.4, 0.5) is 11.5 Å². The van der Waals surface area contributed by atoms with Crippen LogP contribution < -0.4 is 11.1 Å². The summed E-state index contributed by atoms with van der Waals surface area (Å²) < 4.78 is 0. The molecule has 0 aliphatic carbocycles. The van der Waals surface area contributed by atoms with Gasteiger partial charge in [-0.2, -0.15) is 0 Å². The van der Waals surface area contributed by atoms with Gasteiger partial charge in [0.05, 0.1) is 12.1 Å². The third kappa shape index (κ3) is 2.73. The van der Waals surface area contributed by atoms with Gasteiger partial charge in [0.15, 0.2) is 0 Å². The van der Waals surface area contributed by atoms with Gasteiger partial charge in [-0.3, -0.25) is 9.98 Å². The Kier molecular flexibility index (Phi) is 3.38. The average molecular weight is 303 g/mol. The van der Waals surface area contributed by atoms with Gasteiger partial charge in [0.1, 0.15) is 5.82 Å². The summed E-state index contributed by atoms with van der Waals surface area (Å²) in [7, 11) is 0. The van der Waals surface area contributed by atoms with Crippen molar-refractivity contribution in [1.29, 1.82) is 0 Å². The number of benzene rings is 1. The molecule has 0 spiro atoms. The number of aliphatic imine (C=N–C) groups is 2. The van der Waals surface area contributed by atoms with Gasteiger partial charge in [-0.05, 0) is 28.9 Å². The van der Waals surface area contributed by atoms with Crippen molar-refractivity contribution in [2.24, 2.45) is 9.98 Å². The smallest absolute Gasteiger partial charge is 0.126 e. The number of nitrogens with zero attached hydrogens (tertiary/aromatic N) is 3. The molecule has 1 aromatic carbocycles. The lowest BCUT2D eigenvalue weighted by atomic mass is 10.0. The normalized spacial score (nSPS) is 16.0. The molecule has 0 saturated carbocycles. The second-order valence-corrected chi connectivity index (χ2v) is 5.68. The Morgan fingerprint density at radius 3 is 2.96 bits per heavy atom. The van der Waals surface area contributed by atoms with E-state index in [9.17, 15) is 0 Å². The lowest BCUT2D eigenvalue weighted by molar-refractivity contribution is 1.17. The molecule has 0 fully saturated rings.